The predicted octanol–water partition coefficient (Wildman–Crippen LogP) is 1.64. The zero-order chi connectivity index (χ0) is 9.26. The summed E-state index contributed by atoms with van der Waals surface area (Å²) in [5, 5.41) is 4.59. The van der Waals surface area contributed by atoms with E-state index in [0.29, 0.717) is 11.5 Å². The summed E-state index contributed by atoms with van der Waals surface area (Å²) in [5.74, 6) is 0.540. The molecule has 0 radical (unpaired) electrons. The van der Waals surface area contributed by atoms with E-state index in [0.717, 1.165) is 4.88 Å². The van der Waals surface area contributed by atoms with Crippen LogP contribution in [0.3, 0.4) is 0 Å². The van der Waals surface area contributed by atoms with Crippen LogP contribution in [0.1, 0.15) is 11.8 Å². The molecular formula is C9H8N2OS. The molecule has 66 valence electrons. The molecule has 1 aromatic heterocycles. The lowest BCUT2D eigenvalue weighted by Gasteiger charge is -1.88. The summed E-state index contributed by atoms with van der Waals surface area (Å²) in [4.78, 5) is 16.3. The molecule has 13 heavy (non-hydrogen) atoms. The van der Waals surface area contributed by atoms with Crippen LogP contribution in [-0.4, -0.2) is 11.7 Å². The Morgan fingerprint density at radius 3 is 3.00 bits per heavy atom. The highest BCUT2D eigenvalue weighted by Crippen LogP contribution is 2.15. The van der Waals surface area contributed by atoms with Crippen molar-refractivity contribution in [3.63, 3.8) is 0 Å². The number of hydrogen-bond acceptors (Lipinski definition) is 3. The SMILES string of the molecule is CC1=N/C(=C\c2cccs2)C(=O)N1. The molecule has 0 bridgehead atoms. The van der Waals surface area contributed by atoms with Crippen LogP contribution in [0.25, 0.3) is 6.08 Å². The standard InChI is InChI=1S/C9H8N2OS/c1-6-10-8(9(12)11-6)5-7-3-2-4-13-7/h2-5H,1H3,(H,10,11,12)/b8-5-. The second kappa shape index (κ2) is 3.14. The highest BCUT2D eigenvalue weighted by Gasteiger charge is 2.16. The van der Waals surface area contributed by atoms with Crippen molar-refractivity contribution >= 4 is 29.2 Å². The van der Waals surface area contributed by atoms with Crippen LogP contribution in [-0.2, 0) is 4.79 Å². The van der Waals surface area contributed by atoms with Crippen molar-refractivity contribution in [2.45, 2.75) is 6.92 Å². The summed E-state index contributed by atoms with van der Waals surface area (Å²) in [6.07, 6.45) is 1.79. The van der Waals surface area contributed by atoms with Gasteiger partial charge in [0.25, 0.3) is 5.91 Å². The number of nitrogens with zero attached hydrogens (tertiary/aromatic N) is 1. The number of carbonyl (C=O) groups excluding carboxylic acids is 1. The van der Waals surface area contributed by atoms with Gasteiger partial charge >= 0.3 is 0 Å². The number of thiophene rings is 1. The van der Waals surface area contributed by atoms with E-state index in [2.05, 4.69) is 10.3 Å². The first-order valence-corrected chi connectivity index (χ1v) is 4.75. The zero-order valence-electron chi connectivity index (χ0n) is 7.07. The number of nitrogens with one attached hydrogen (secondary N) is 1. The molecule has 1 aliphatic heterocycles. The van der Waals surface area contributed by atoms with Crippen molar-refractivity contribution in [2.24, 2.45) is 4.99 Å². The largest absolute Gasteiger partial charge is 0.309 e. The molecule has 2 heterocycles. The van der Waals surface area contributed by atoms with Gasteiger partial charge in [-0.25, -0.2) is 4.99 Å². The molecule has 0 atom stereocenters. The van der Waals surface area contributed by atoms with Crippen molar-refractivity contribution in [1.82, 2.24) is 5.32 Å². The van der Waals surface area contributed by atoms with Gasteiger partial charge in [-0.2, -0.15) is 0 Å². The number of rotatable bonds is 1. The Balaban J connectivity index is 2.31. The fraction of sp³-hybridized carbons (Fsp3) is 0.111. The molecule has 0 aliphatic carbocycles. The Kier molecular flexibility index (Phi) is 1.98. The summed E-state index contributed by atoms with van der Waals surface area (Å²) in [5.41, 5.74) is 0.486. The van der Waals surface area contributed by atoms with Gasteiger partial charge in [-0.3, -0.25) is 4.79 Å². The summed E-state index contributed by atoms with van der Waals surface area (Å²) >= 11 is 1.59. The van der Waals surface area contributed by atoms with Gasteiger partial charge in [0.15, 0.2) is 0 Å². The highest BCUT2D eigenvalue weighted by molar-refractivity contribution is 7.10. The van der Waals surface area contributed by atoms with Crippen LogP contribution >= 0.6 is 11.3 Å². The first-order valence-electron chi connectivity index (χ1n) is 3.87. The lowest BCUT2D eigenvalue weighted by Crippen LogP contribution is -2.21. The van der Waals surface area contributed by atoms with E-state index in [1.807, 2.05) is 17.5 Å². The first-order chi connectivity index (χ1) is 6.25. The van der Waals surface area contributed by atoms with Crippen LogP contribution in [0.15, 0.2) is 28.2 Å². The van der Waals surface area contributed by atoms with Gasteiger partial charge in [-0.1, -0.05) is 6.07 Å². The molecule has 0 unspecified atom stereocenters. The Hall–Kier alpha value is -1.42. The zero-order valence-corrected chi connectivity index (χ0v) is 7.89. The predicted molar refractivity (Wildman–Crippen MR) is 53.5 cm³/mol. The van der Waals surface area contributed by atoms with Gasteiger partial charge in [-0.15, -0.1) is 11.3 Å². The summed E-state index contributed by atoms with van der Waals surface area (Å²) < 4.78 is 0. The molecule has 1 aliphatic rings. The quantitative estimate of drug-likeness (QED) is 0.675. The summed E-state index contributed by atoms with van der Waals surface area (Å²) in [6, 6.07) is 3.90. The lowest BCUT2D eigenvalue weighted by molar-refractivity contribution is -0.115. The third-order valence-electron chi connectivity index (χ3n) is 1.64. The molecule has 0 saturated carbocycles. The summed E-state index contributed by atoms with van der Waals surface area (Å²) in [6.45, 7) is 1.77. The molecule has 0 fully saturated rings. The Labute approximate surface area is 79.8 Å². The van der Waals surface area contributed by atoms with Crippen LogP contribution < -0.4 is 5.32 Å². The molecular weight excluding hydrogens is 184 g/mol. The van der Waals surface area contributed by atoms with Gasteiger partial charge < -0.3 is 5.32 Å². The Morgan fingerprint density at radius 1 is 1.62 bits per heavy atom. The third kappa shape index (κ3) is 1.67. The molecule has 4 heteroatoms. The van der Waals surface area contributed by atoms with E-state index in [1.165, 1.54) is 0 Å². The molecule has 3 nitrogen and oxygen atoms in total. The van der Waals surface area contributed by atoms with E-state index >= 15 is 0 Å². The highest BCUT2D eigenvalue weighted by atomic mass is 32.1. The number of amidine groups is 1. The number of hydrogen-bond donors (Lipinski definition) is 1. The van der Waals surface area contributed by atoms with Crippen molar-refractivity contribution in [3.8, 4) is 0 Å². The molecule has 0 aromatic carbocycles. The van der Waals surface area contributed by atoms with Gasteiger partial charge in [0.05, 0.1) is 0 Å². The van der Waals surface area contributed by atoms with Gasteiger partial charge in [0.2, 0.25) is 0 Å². The Bertz CT molecular complexity index is 390. The average Bonchev–Trinajstić information content (AvgIpc) is 2.63. The van der Waals surface area contributed by atoms with E-state index < -0.39 is 0 Å². The smallest absolute Gasteiger partial charge is 0.275 e. The molecule has 2 rings (SSSR count). The summed E-state index contributed by atoms with van der Waals surface area (Å²) in [7, 11) is 0. The monoisotopic (exact) mass is 192 g/mol. The number of carbonyl (C=O) groups is 1. The Morgan fingerprint density at radius 2 is 2.46 bits per heavy atom. The van der Waals surface area contributed by atoms with Crippen LogP contribution in [0, 0.1) is 0 Å². The van der Waals surface area contributed by atoms with Gasteiger partial charge in [-0.05, 0) is 24.4 Å². The minimum Gasteiger partial charge on any atom is -0.309 e. The average molecular weight is 192 g/mol. The van der Waals surface area contributed by atoms with Crippen molar-refractivity contribution in [3.05, 3.63) is 28.1 Å². The maximum absolute atomic E-state index is 11.2. The first kappa shape index (κ1) is 8.19. The van der Waals surface area contributed by atoms with E-state index in [1.54, 1.807) is 24.3 Å². The lowest BCUT2D eigenvalue weighted by atomic mass is 10.3. The third-order valence-corrected chi connectivity index (χ3v) is 2.46. The minimum absolute atomic E-state index is 0.120. The fourth-order valence-electron chi connectivity index (χ4n) is 1.09. The van der Waals surface area contributed by atoms with Crippen LogP contribution in [0.2, 0.25) is 0 Å². The molecule has 1 N–H and O–H groups in total. The maximum atomic E-state index is 11.2. The normalized spacial score (nSPS) is 19.0. The maximum Gasteiger partial charge on any atom is 0.275 e. The van der Waals surface area contributed by atoms with Crippen LogP contribution in [0.5, 0.6) is 0 Å². The topological polar surface area (TPSA) is 41.5 Å². The number of amides is 1. The fourth-order valence-corrected chi connectivity index (χ4v) is 1.74. The molecule has 0 spiro atoms. The second-order valence-electron chi connectivity index (χ2n) is 2.70. The van der Waals surface area contributed by atoms with E-state index in [9.17, 15) is 4.79 Å². The van der Waals surface area contributed by atoms with Crippen molar-refractivity contribution in [2.75, 3.05) is 0 Å². The van der Waals surface area contributed by atoms with Gasteiger partial charge in [0, 0.05) is 4.88 Å². The molecule has 0 saturated heterocycles. The van der Waals surface area contributed by atoms with Crippen LogP contribution in [0.4, 0.5) is 0 Å². The van der Waals surface area contributed by atoms with E-state index in [4.69, 9.17) is 0 Å². The van der Waals surface area contributed by atoms with Crippen molar-refractivity contribution in [1.29, 1.82) is 0 Å². The second-order valence-corrected chi connectivity index (χ2v) is 3.68. The van der Waals surface area contributed by atoms with Gasteiger partial charge in [0.1, 0.15) is 11.5 Å². The molecule has 1 aromatic rings. The van der Waals surface area contributed by atoms with E-state index in [-0.39, 0.29) is 5.91 Å². The number of aliphatic imine (C=N–C) groups is 1. The molecule has 1 amide bonds. The minimum atomic E-state index is -0.120. The van der Waals surface area contributed by atoms with Crippen molar-refractivity contribution < 1.29 is 4.79 Å².